The van der Waals surface area contributed by atoms with Crippen LogP contribution in [0.5, 0.6) is 0 Å². The van der Waals surface area contributed by atoms with Gasteiger partial charge >= 0.3 is 0 Å². The van der Waals surface area contributed by atoms with Gasteiger partial charge in [0.15, 0.2) is 0 Å². The van der Waals surface area contributed by atoms with Crippen LogP contribution in [0, 0.1) is 0 Å². The highest BCUT2D eigenvalue weighted by Crippen LogP contribution is 2.25. The molecule has 0 aromatic carbocycles. The quantitative estimate of drug-likeness (QED) is 0.498. The molecule has 0 bridgehead atoms. The SMILES string of the molecule is COC(=S)SSC(=S)NC[C@H](C)NC(=S)SSC(=S)OC. The molecule has 0 amide bonds. The minimum absolute atomic E-state index is 0.125. The summed E-state index contributed by atoms with van der Waals surface area (Å²) >= 11 is 20.2. The van der Waals surface area contributed by atoms with E-state index in [0.29, 0.717) is 24.0 Å². The van der Waals surface area contributed by atoms with Crippen molar-refractivity contribution in [1.82, 2.24) is 10.6 Å². The van der Waals surface area contributed by atoms with Gasteiger partial charge in [0.05, 0.1) is 14.2 Å². The van der Waals surface area contributed by atoms with Gasteiger partial charge in [-0.05, 0) is 52.9 Å². The molecule has 120 valence electrons. The summed E-state index contributed by atoms with van der Waals surface area (Å²) in [5.74, 6) is 0. The Kier molecular flexibility index (Phi) is 14.0. The van der Waals surface area contributed by atoms with E-state index in [1.807, 2.05) is 6.92 Å². The van der Waals surface area contributed by atoms with Gasteiger partial charge in [-0.1, -0.05) is 24.4 Å². The molecule has 0 fully saturated rings. The van der Waals surface area contributed by atoms with Gasteiger partial charge in [-0.25, -0.2) is 0 Å². The third-order valence-corrected chi connectivity index (χ3v) is 8.23. The van der Waals surface area contributed by atoms with E-state index >= 15 is 0 Å². The van der Waals surface area contributed by atoms with Gasteiger partial charge < -0.3 is 20.1 Å². The lowest BCUT2D eigenvalue weighted by molar-refractivity contribution is 0.426. The van der Waals surface area contributed by atoms with Crippen LogP contribution in [0.2, 0.25) is 0 Å². The normalized spacial score (nSPS) is 11.2. The fourth-order valence-corrected chi connectivity index (χ4v) is 4.67. The Labute approximate surface area is 162 Å². The first-order valence-electron chi connectivity index (χ1n) is 5.32. The molecule has 4 nitrogen and oxygen atoms in total. The Balaban J connectivity index is 3.80. The largest absolute Gasteiger partial charge is 0.481 e. The van der Waals surface area contributed by atoms with Gasteiger partial charge in [-0.15, -0.1) is 0 Å². The summed E-state index contributed by atoms with van der Waals surface area (Å²) in [5.41, 5.74) is 0. The van der Waals surface area contributed by atoms with Crippen LogP contribution in [0.4, 0.5) is 0 Å². The number of thiocarbonyl (C=S) groups is 4. The van der Waals surface area contributed by atoms with Gasteiger partial charge in [0.25, 0.3) is 0 Å². The van der Waals surface area contributed by atoms with Crippen molar-refractivity contribution in [1.29, 1.82) is 0 Å². The van der Waals surface area contributed by atoms with Crippen molar-refractivity contribution in [2.75, 3.05) is 20.8 Å². The third kappa shape index (κ3) is 13.1. The fraction of sp³-hybridized carbons (Fsp3) is 0.556. The molecule has 0 rings (SSSR count). The van der Waals surface area contributed by atoms with Gasteiger partial charge in [0.2, 0.25) is 8.77 Å². The molecule has 0 aliphatic rings. The lowest BCUT2D eigenvalue weighted by Gasteiger charge is -2.16. The third-order valence-electron chi connectivity index (χ3n) is 1.62. The molecule has 0 aromatic rings. The van der Waals surface area contributed by atoms with Crippen molar-refractivity contribution in [3.63, 3.8) is 0 Å². The summed E-state index contributed by atoms with van der Waals surface area (Å²) in [6, 6.07) is 0.125. The summed E-state index contributed by atoms with van der Waals surface area (Å²) in [4.78, 5) is 0. The summed E-state index contributed by atoms with van der Waals surface area (Å²) in [6.45, 7) is 2.64. The molecule has 0 aliphatic carbocycles. The van der Waals surface area contributed by atoms with Crippen molar-refractivity contribution in [2.24, 2.45) is 0 Å². The highest BCUT2D eigenvalue weighted by atomic mass is 33.1. The Morgan fingerprint density at radius 1 is 0.905 bits per heavy atom. The van der Waals surface area contributed by atoms with E-state index in [-0.39, 0.29) is 6.04 Å². The smallest absolute Gasteiger partial charge is 0.230 e. The number of rotatable bonds is 3. The van der Waals surface area contributed by atoms with Crippen molar-refractivity contribution in [2.45, 2.75) is 13.0 Å². The summed E-state index contributed by atoms with van der Waals surface area (Å²) in [5, 5.41) is 6.27. The maximum atomic E-state index is 5.19. The first kappa shape index (κ1) is 22.0. The summed E-state index contributed by atoms with van der Waals surface area (Å²) in [6.07, 6.45) is 0. The summed E-state index contributed by atoms with van der Waals surface area (Å²) in [7, 11) is 8.38. The molecule has 2 N–H and O–H groups in total. The van der Waals surface area contributed by atoms with Gasteiger partial charge in [-0.2, -0.15) is 0 Å². The molecule has 12 heteroatoms. The average molecular weight is 439 g/mol. The first-order valence-corrected chi connectivity index (χ1v) is 11.3. The molecule has 0 heterocycles. The first-order chi connectivity index (χ1) is 9.88. The molecule has 1 atom stereocenters. The predicted molar refractivity (Wildman–Crippen MR) is 115 cm³/mol. The molecule has 0 radical (unpaired) electrons. The Hall–Kier alpha value is 0.960. The van der Waals surface area contributed by atoms with E-state index in [1.165, 1.54) is 57.4 Å². The number of nitrogens with one attached hydrogen (secondary N) is 2. The number of hydrogen-bond donors (Lipinski definition) is 2. The van der Waals surface area contributed by atoms with Crippen LogP contribution in [-0.4, -0.2) is 44.2 Å². The van der Waals surface area contributed by atoms with E-state index in [0.717, 1.165) is 0 Å². The summed E-state index contributed by atoms with van der Waals surface area (Å²) < 4.78 is 11.9. The van der Waals surface area contributed by atoms with Crippen LogP contribution in [0.15, 0.2) is 0 Å². The molecular formula is C9H14N2O2S8. The minimum Gasteiger partial charge on any atom is -0.481 e. The van der Waals surface area contributed by atoms with Gasteiger partial charge in [0, 0.05) is 34.2 Å². The molecule has 0 saturated carbocycles. The Bertz CT molecular complexity index is 392. The van der Waals surface area contributed by atoms with Crippen molar-refractivity contribution in [3.8, 4) is 0 Å². The number of methoxy groups -OCH3 is 2. The second-order valence-electron chi connectivity index (χ2n) is 3.24. The lowest BCUT2D eigenvalue weighted by Crippen LogP contribution is -2.39. The molecule has 0 saturated heterocycles. The second-order valence-corrected chi connectivity index (χ2v) is 10.1. The number of hydrogen-bond acceptors (Lipinski definition) is 10. The highest BCUT2D eigenvalue weighted by Gasteiger charge is 2.08. The fourth-order valence-electron chi connectivity index (χ4n) is 0.754. The Morgan fingerprint density at radius 2 is 1.38 bits per heavy atom. The Morgan fingerprint density at radius 3 is 1.86 bits per heavy atom. The van der Waals surface area contributed by atoms with Crippen LogP contribution >= 0.6 is 92.0 Å². The van der Waals surface area contributed by atoms with Crippen molar-refractivity contribution < 1.29 is 9.47 Å². The van der Waals surface area contributed by atoms with Crippen LogP contribution in [-0.2, 0) is 9.47 Å². The van der Waals surface area contributed by atoms with Crippen molar-refractivity contribution >= 4 is 109 Å². The van der Waals surface area contributed by atoms with Crippen LogP contribution in [0.1, 0.15) is 6.92 Å². The predicted octanol–water partition coefficient (Wildman–Crippen LogP) is 3.75. The zero-order valence-corrected chi connectivity index (χ0v) is 17.9. The molecule has 21 heavy (non-hydrogen) atoms. The van der Waals surface area contributed by atoms with Crippen LogP contribution in [0.25, 0.3) is 0 Å². The van der Waals surface area contributed by atoms with E-state index in [4.69, 9.17) is 58.3 Å². The lowest BCUT2D eigenvalue weighted by atomic mass is 10.3. The standard InChI is InChI=1S/C9H14N2O2S8/c1-5(11-7(15)19-21-9(17)13-3)4-10-6(14)18-20-8(16)12-2/h5H,4H2,1-3H3,(H,10,14)(H,11,15)/t5-/m0/s1. The molecular weight excluding hydrogens is 425 g/mol. The maximum Gasteiger partial charge on any atom is 0.230 e. The molecule has 0 aliphatic heterocycles. The van der Waals surface area contributed by atoms with Gasteiger partial charge in [0.1, 0.15) is 8.64 Å². The zero-order chi connectivity index (χ0) is 16.3. The van der Waals surface area contributed by atoms with E-state index in [9.17, 15) is 0 Å². The topological polar surface area (TPSA) is 42.5 Å². The highest BCUT2D eigenvalue weighted by molar-refractivity contribution is 8.89. The molecule has 0 unspecified atom stereocenters. The van der Waals surface area contributed by atoms with Crippen molar-refractivity contribution in [3.05, 3.63) is 0 Å². The van der Waals surface area contributed by atoms with Gasteiger partial charge in [-0.3, -0.25) is 0 Å². The monoisotopic (exact) mass is 438 g/mol. The van der Waals surface area contributed by atoms with E-state index in [1.54, 1.807) is 0 Å². The average Bonchev–Trinajstić information content (AvgIpc) is 2.47. The maximum absolute atomic E-state index is 5.19. The van der Waals surface area contributed by atoms with E-state index < -0.39 is 0 Å². The molecule has 0 aromatic heterocycles. The minimum atomic E-state index is 0.125. The number of ether oxygens (including phenoxy) is 2. The van der Waals surface area contributed by atoms with Crippen LogP contribution < -0.4 is 10.6 Å². The van der Waals surface area contributed by atoms with E-state index in [2.05, 4.69) is 10.6 Å². The van der Waals surface area contributed by atoms with Crippen LogP contribution in [0.3, 0.4) is 0 Å². The second kappa shape index (κ2) is 13.4. The molecule has 0 spiro atoms. The zero-order valence-electron chi connectivity index (χ0n) is 11.4.